The zero-order valence-electron chi connectivity index (χ0n) is 11.5. The number of aliphatic carboxylic acids is 1. The van der Waals surface area contributed by atoms with Crippen LogP contribution < -0.4 is 10.6 Å². The summed E-state index contributed by atoms with van der Waals surface area (Å²) in [4.78, 5) is 35.2. The van der Waals surface area contributed by atoms with E-state index in [1.54, 1.807) is 0 Å². The molecule has 3 amide bonds. The average molecular weight is 287 g/mol. The number of hydrogen-bond donors (Lipinski definition) is 4. The molecule has 0 unspecified atom stereocenters. The molecule has 0 aliphatic carbocycles. The van der Waals surface area contributed by atoms with Crippen LogP contribution in [-0.4, -0.2) is 64.8 Å². The highest BCUT2D eigenvalue weighted by molar-refractivity contribution is 5.84. The molecule has 0 spiro atoms. The molecule has 0 saturated carbocycles. The maximum atomic E-state index is 11.8. The lowest BCUT2D eigenvalue weighted by Gasteiger charge is -2.21. The third-order valence-corrected chi connectivity index (χ3v) is 3.03. The highest BCUT2D eigenvalue weighted by Crippen LogP contribution is 2.17. The molecule has 1 saturated heterocycles. The first-order valence-corrected chi connectivity index (χ1v) is 6.67. The van der Waals surface area contributed by atoms with Crippen molar-refractivity contribution >= 4 is 17.9 Å². The minimum Gasteiger partial charge on any atom is -0.480 e. The molecule has 0 aromatic heterocycles. The zero-order valence-corrected chi connectivity index (χ0v) is 11.5. The zero-order chi connectivity index (χ0) is 15.1. The second-order valence-corrected chi connectivity index (χ2v) is 4.73. The average Bonchev–Trinajstić information content (AvgIpc) is 2.78. The van der Waals surface area contributed by atoms with Gasteiger partial charge in [-0.25, -0.2) is 9.59 Å². The normalized spacial score (nSPS) is 21.6. The molecular formula is C12H21N3O5. The lowest BCUT2D eigenvalue weighted by molar-refractivity contribution is -0.141. The van der Waals surface area contributed by atoms with Gasteiger partial charge < -0.3 is 25.7 Å². The van der Waals surface area contributed by atoms with Crippen LogP contribution in [-0.2, 0) is 9.59 Å². The van der Waals surface area contributed by atoms with Gasteiger partial charge in [0.25, 0.3) is 0 Å². The number of hydrogen-bond acceptors (Lipinski definition) is 4. The number of aliphatic hydroxyl groups excluding tert-OH is 1. The number of urea groups is 1. The molecular weight excluding hydrogens is 266 g/mol. The van der Waals surface area contributed by atoms with E-state index in [-0.39, 0.29) is 31.8 Å². The molecule has 1 fully saturated rings. The second kappa shape index (κ2) is 7.68. The van der Waals surface area contributed by atoms with Crippen molar-refractivity contribution in [1.82, 2.24) is 15.5 Å². The number of carbonyl (C=O) groups is 3. The summed E-state index contributed by atoms with van der Waals surface area (Å²) < 4.78 is 0. The molecule has 0 aromatic carbocycles. The number of likely N-dealkylation sites (tertiary alicyclic amines) is 1. The molecule has 8 nitrogen and oxygen atoms in total. The Morgan fingerprint density at radius 2 is 1.95 bits per heavy atom. The van der Waals surface area contributed by atoms with E-state index in [1.165, 1.54) is 0 Å². The van der Waals surface area contributed by atoms with E-state index in [9.17, 15) is 19.5 Å². The van der Waals surface area contributed by atoms with Crippen molar-refractivity contribution in [3.63, 3.8) is 0 Å². The SMILES string of the molecule is CCCNC(=O)CCNC(=O)N1C[C@H](O)C[C@H]1C(=O)O. The Hall–Kier alpha value is -1.83. The number of amides is 3. The van der Waals surface area contributed by atoms with Crippen LogP contribution in [0.5, 0.6) is 0 Å². The molecule has 20 heavy (non-hydrogen) atoms. The van der Waals surface area contributed by atoms with E-state index in [4.69, 9.17) is 5.11 Å². The first kappa shape index (κ1) is 16.2. The Labute approximate surface area is 117 Å². The topological polar surface area (TPSA) is 119 Å². The van der Waals surface area contributed by atoms with Crippen LogP contribution in [0, 0.1) is 0 Å². The van der Waals surface area contributed by atoms with E-state index in [0.717, 1.165) is 11.3 Å². The van der Waals surface area contributed by atoms with Crippen molar-refractivity contribution in [3.8, 4) is 0 Å². The first-order valence-electron chi connectivity index (χ1n) is 6.67. The van der Waals surface area contributed by atoms with Crippen LogP contribution >= 0.6 is 0 Å². The summed E-state index contributed by atoms with van der Waals surface area (Å²) in [5.74, 6) is -1.30. The predicted molar refractivity (Wildman–Crippen MR) is 70.1 cm³/mol. The van der Waals surface area contributed by atoms with E-state index in [0.29, 0.717) is 6.54 Å². The lowest BCUT2D eigenvalue weighted by atomic mass is 10.2. The Morgan fingerprint density at radius 3 is 2.55 bits per heavy atom. The van der Waals surface area contributed by atoms with E-state index < -0.39 is 24.1 Å². The standard InChI is InChI=1S/C12H21N3O5/c1-2-4-13-10(17)3-5-14-12(20)15-7-8(16)6-9(15)11(18)19/h8-9,16H,2-7H2,1H3,(H,13,17)(H,14,20)(H,18,19)/t8-,9+/m1/s1. The predicted octanol–water partition coefficient (Wildman–Crippen LogP) is -0.868. The van der Waals surface area contributed by atoms with Gasteiger partial charge in [0.05, 0.1) is 6.10 Å². The highest BCUT2D eigenvalue weighted by atomic mass is 16.4. The molecule has 0 aromatic rings. The van der Waals surface area contributed by atoms with Crippen LogP contribution in [0.25, 0.3) is 0 Å². The number of carbonyl (C=O) groups excluding carboxylic acids is 2. The van der Waals surface area contributed by atoms with Crippen molar-refractivity contribution in [2.24, 2.45) is 0 Å². The number of rotatable bonds is 6. The number of carboxylic acids is 1. The fourth-order valence-electron chi connectivity index (χ4n) is 2.01. The number of β-amino-alcohol motifs (C(OH)–C–C–N with tert-alkyl or cyclic N) is 1. The molecule has 1 aliphatic heterocycles. The van der Waals surface area contributed by atoms with Gasteiger partial charge in [-0.15, -0.1) is 0 Å². The molecule has 114 valence electrons. The Bertz CT molecular complexity index is 374. The van der Waals surface area contributed by atoms with Crippen LogP contribution in [0.1, 0.15) is 26.2 Å². The molecule has 1 heterocycles. The third-order valence-electron chi connectivity index (χ3n) is 3.03. The Morgan fingerprint density at radius 1 is 1.25 bits per heavy atom. The van der Waals surface area contributed by atoms with Crippen molar-refractivity contribution in [2.75, 3.05) is 19.6 Å². The molecule has 2 atom stereocenters. The summed E-state index contributed by atoms with van der Waals surface area (Å²) >= 11 is 0. The fourth-order valence-corrected chi connectivity index (χ4v) is 2.01. The largest absolute Gasteiger partial charge is 0.480 e. The van der Waals surface area contributed by atoms with E-state index in [1.807, 2.05) is 6.92 Å². The maximum Gasteiger partial charge on any atom is 0.326 e. The van der Waals surface area contributed by atoms with Gasteiger partial charge in [0.1, 0.15) is 6.04 Å². The van der Waals surface area contributed by atoms with Gasteiger partial charge in [0.15, 0.2) is 0 Å². The van der Waals surface area contributed by atoms with Crippen LogP contribution in [0.3, 0.4) is 0 Å². The number of nitrogens with one attached hydrogen (secondary N) is 2. The highest BCUT2D eigenvalue weighted by Gasteiger charge is 2.38. The first-order chi connectivity index (χ1) is 9.45. The molecule has 1 aliphatic rings. The van der Waals surface area contributed by atoms with Gasteiger partial charge in [0, 0.05) is 32.5 Å². The van der Waals surface area contributed by atoms with Gasteiger partial charge in [-0.3, -0.25) is 4.79 Å². The molecule has 4 N–H and O–H groups in total. The van der Waals surface area contributed by atoms with Crippen LogP contribution in [0.4, 0.5) is 4.79 Å². The third kappa shape index (κ3) is 4.69. The van der Waals surface area contributed by atoms with Gasteiger partial charge in [-0.2, -0.15) is 0 Å². The van der Waals surface area contributed by atoms with Gasteiger partial charge in [0.2, 0.25) is 5.91 Å². The molecule has 0 radical (unpaired) electrons. The number of nitrogens with zero attached hydrogens (tertiary/aromatic N) is 1. The summed E-state index contributed by atoms with van der Waals surface area (Å²) in [5.41, 5.74) is 0. The van der Waals surface area contributed by atoms with Gasteiger partial charge in [-0.1, -0.05) is 6.92 Å². The van der Waals surface area contributed by atoms with Crippen LogP contribution in [0.15, 0.2) is 0 Å². The minimum atomic E-state index is -1.14. The lowest BCUT2D eigenvalue weighted by Crippen LogP contribution is -2.46. The fraction of sp³-hybridized carbons (Fsp3) is 0.750. The second-order valence-electron chi connectivity index (χ2n) is 4.73. The Balaban J connectivity index is 2.35. The number of aliphatic hydroxyl groups is 1. The van der Waals surface area contributed by atoms with Gasteiger partial charge >= 0.3 is 12.0 Å². The summed E-state index contributed by atoms with van der Waals surface area (Å²) in [6, 6.07) is -1.59. The Kier molecular flexibility index (Phi) is 6.23. The molecule has 1 rings (SSSR count). The van der Waals surface area contributed by atoms with Gasteiger partial charge in [-0.05, 0) is 6.42 Å². The van der Waals surface area contributed by atoms with Crippen molar-refractivity contribution in [1.29, 1.82) is 0 Å². The minimum absolute atomic E-state index is 0.00910. The smallest absolute Gasteiger partial charge is 0.326 e. The molecule has 8 heteroatoms. The molecule has 0 bridgehead atoms. The number of carboxylic acid groups (broad SMARTS) is 1. The quantitative estimate of drug-likeness (QED) is 0.506. The van der Waals surface area contributed by atoms with Crippen molar-refractivity contribution < 1.29 is 24.6 Å². The monoisotopic (exact) mass is 287 g/mol. The summed E-state index contributed by atoms with van der Waals surface area (Å²) in [6.07, 6.45) is 0.179. The maximum absolute atomic E-state index is 11.8. The summed E-state index contributed by atoms with van der Waals surface area (Å²) in [7, 11) is 0. The van der Waals surface area contributed by atoms with E-state index in [2.05, 4.69) is 10.6 Å². The summed E-state index contributed by atoms with van der Waals surface area (Å²) in [6.45, 7) is 2.65. The van der Waals surface area contributed by atoms with Crippen molar-refractivity contribution in [3.05, 3.63) is 0 Å². The van der Waals surface area contributed by atoms with Crippen molar-refractivity contribution in [2.45, 2.75) is 38.3 Å². The summed E-state index contributed by atoms with van der Waals surface area (Å²) in [5, 5.41) is 23.6. The van der Waals surface area contributed by atoms with Crippen LogP contribution in [0.2, 0.25) is 0 Å². The van der Waals surface area contributed by atoms with E-state index >= 15 is 0 Å².